The summed E-state index contributed by atoms with van der Waals surface area (Å²) in [5.74, 6) is 0.853. The third kappa shape index (κ3) is 19.2. The molecule has 20 heteroatoms. The van der Waals surface area contributed by atoms with Crippen LogP contribution in [0.2, 0.25) is 13.1 Å². The number of isothiocyanates is 1. The summed E-state index contributed by atoms with van der Waals surface area (Å²) in [6.07, 6.45) is 3.44. The topological polar surface area (TPSA) is 162 Å². The van der Waals surface area contributed by atoms with E-state index in [4.69, 9.17) is 74.8 Å². The van der Waals surface area contributed by atoms with Crippen LogP contribution in [0, 0.1) is 0 Å². The van der Waals surface area contributed by atoms with Gasteiger partial charge in [0.15, 0.2) is 0 Å². The van der Waals surface area contributed by atoms with Crippen molar-refractivity contribution in [3.63, 3.8) is 0 Å². The molecule has 1 aromatic heterocycles. The van der Waals surface area contributed by atoms with E-state index in [1.165, 1.54) is 16.3 Å². The predicted octanol–water partition coefficient (Wildman–Crippen LogP) is 9.51. The van der Waals surface area contributed by atoms with Crippen LogP contribution in [0.15, 0.2) is 148 Å². The fourth-order valence-electron chi connectivity index (χ4n) is 9.37. The number of nitrogens with zero attached hydrogens (tertiary/aromatic N) is 7. The van der Waals surface area contributed by atoms with Crippen LogP contribution in [0.4, 0.5) is 17.1 Å². The minimum Gasteiger partial charge on any atom is -0.491 e. The summed E-state index contributed by atoms with van der Waals surface area (Å²) in [5.41, 5.74) is 8.44. The Labute approximate surface area is 483 Å². The highest BCUT2D eigenvalue weighted by Gasteiger charge is 2.40. The summed E-state index contributed by atoms with van der Waals surface area (Å²) >= 11 is 4.81. The first-order valence-corrected chi connectivity index (χ1v) is 30.6. The smallest absolute Gasteiger partial charge is 0.140 e. The lowest BCUT2D eigenvalue weighted by molar-refractivity contribution is -0.0869. The molecule has 0 aliphatic carbocycles. The maximum Gasteiger partial charge on any atom is 0.140 e. The monoisotopic (exact) mass is 1140 g/mol. The number of aromatic nitrogens is 1. The minimum atomic E-state index is -0.469. The van der Waals surface area contributed by atoms with Gasteiger partial charge in [-0.1, -0.05) is 101 Å². The molecule has 3 atom stereocenters. The molecule has 0 bridgehead atoms. The Bertz CT molecular complexity index is 2890. The summed E-state index contributed by atoms with van der Waals surface area (Å²) in [6.45, 7) is 13.8. The number of fused-ring (bicyclic) bond motifs is 6. The molecule has 1 radical (unpaired) electrons. The Morgan fingerprint density at radius 1 is 0.642 bits per heavy atom. The molecule has 0 spiro atoms. The Morgan fingerprint density at radius 2 is 1.23 bits per heavy atom. The Morgan fingerprint density at radius 3 is 1.93 bits per heavy atom. The van der Waals surface area contributed by atoms with Gasteiger partial charge >= 0.3 is 0 Å². The second-order valence-electron chi connectivity index (χ2n) is 19.3. The van der Waals surface area contributed by atoms with Crippen LogP contribution < -0.4 is 19.8 Å². The number of rotatable bonds is 38. The molecule has 2 aliphatic heterocycles. The zero-order chi connectivity index (χ0) is 56.1. The van der Waals surface area contributed by atoms with E-state index in [0.29, 0.717) is 139 Å². The van der Waals surface area contributed by atoms with Gasteiger partial charge in [0.1, 0.15) is 37.2 Å². The van der Waals surface area contributed by atoms with Gasteiger partial charge in [0, 0.05) is 54.1 Å². The van der Waals surface area contributed by atoms with Gasteiger partial charge in [0.2, 0.25) is 0 Å². The molecular formula is C61H76N7O11SSi. The normalized spacial score (nSPS) is 15.2. The molecule has 6 aromatic rings. The van der Waals surface area contributed by atoms with Gasteiger partial charge in [-0.05, 0) is 71.9 Å². The highest BCUT2D eigenvalue weighted by molar-refractivity contribution is 7.78. The number of aryl methyl sites for hydroxylation is 1. The van der Waals surface area contributed by atoms with Crippen LogP contribution in [0.5, 0.6) is 5.75 Å². The van der Waals surface area contributed by atoms with E-state index in [9.17, 15) is 0 Å². The number of anilines is 2. The van der Waals surface area contributed by atoms with Crippen LogP contribution in [-0.2, 0) is 61.1 Å². The molecule has 0 amide bonds. The van der Waals surface area contributed by atoms with Crippen molar-refractivity contribution in [1.29, 1.82) is 0 Å². The van der Waals surface area contributed by atoms with Crippen molar-refractivity contribution >= 4 is 65.5 Å². The number of benzene rings is 5. The first-order valence-electron chi connectivity index (χ1n) is 27.7. The van der Waals surface area contributed by atoms with E-state index >= 15 is 0 Å². The molecule has 0 fully saturated rings. The van der Waals surface area contributed by atoms with Crippen LogP contribution in [0.1, 0.15) is 34.3 Å². The summed E-state index contributed by atoms with van der Waals surface area (Å²) in [5, 5.41) is 20.7. The number of aliphatic imine (C=N–C) groups is 1. The van der Waals surface area contributed by atoms with Gasteiger partial charge in [0.05, 0.1) is 144 Å². The van der Waals surface area contributed by atoms with Crippen molar-refractivity contribution in [2.45, 2.75) is 37.8 Å². The average Bonchev–Trinajstić information content (AvgIpc) is 4.13. The van der Waals surface area contributed by atoms with Crippen molar-refractivity contribution in [1.82, 2.24) is 4.57 Å². The van der Waals surface area contributed by atoms with E-state index in [-0.39, 0.29) is 18.2 Å². The molecule has 3 heterocycles. The van der Waals surface area contributed by atoms with Crippen LogP contribution in [0.25, 0.3) is 10.9 Å². The Kier molecular flexibility index (Phi) is 25.7. The number of para-hydroxylation sites is 2. The van der Waals surface area contributed by atoms with Gasteiger partial charge in [-0.2, -0.15) is 10.1 Å². The summed E-state index contributed by atoms with van der Waals surface area (Å²) < 4.78 is 60.9. The maximum atomic E-state index is 6.18. The van der Waals surface area contributed by atoms with Crippen LogP contribution in [-0.4, -0.2) is 163 Å². The molecule has 18 nitrogen and oxygen atoms in total. The standard InChI is InChI=1S/C61H76N7O11SSi/c1-66-43-49(55-11-6-8-14-58(55)66)42-63-79-41-38-74-31-29-71-33-35-76-46-53(45-75-34-32-70-28-30-73-36-39-77-52-20-22-54(23-21-52)81(2)3)78-40-37-72-27-26-69-25-24-67-44-48-10-4-5-12-56(48)61-60(57-13-7-9-15-59(57)67)64-65-68(61)51-18-16-50(17-19-51)62-47-80/h4-23,42-43,53,60-61H,24-41,44-46H2,1-3H3/b63-42+. The number of thiocarbonyl (C=S) groups is 1. The van der Waals surface area contributed by atoms with Crippen molar-refractivity contribution in [3.8, 4) is 5.75 Å². The summed E-state index contributed by atoms with van der Waals surface area (Å²) in [7, 11) is 1.55. The Balaban J connectivity index is 0.705. The zero-order valence-electron chi connectivity index (χ0n) is 46.8. The van der Waals surface area contributed by atoms with Gasteiger partial charge in [0.25, 0.3) is 0 Å². The molecule has 0 N–H and O–H groups in total. The first kappa shape index (κ1) is 60.9. The van der Waals surface area contributed by atoms with Crippen LogP contribution in [0.3, 0.4) is 0 Å². The zero-order valence-corrected chi connectivity index (χ0v) is 48.6. The lowest BCUT2D eigenvalue weighted by atomic mass is 9.87. The Hall–Kier alpha value is -6.23. The van der Waals surface area contributed by atoms with Crippen molar-refractivity contribution in [2.75, 3.05) is 142 Å². The molecule has 5 aromatic carbocycles. The van der Waals surface area contributed by atoms with Crippen LogP contribution >= 0.6 is 12.2 Å². The van der Waals surface area contributed by atoms with Crippen molar-refractivity contribution < 1.29 is 52.2 Å². The molecule has 431 valence electrons. The second-order valence-corrected chi connectivity index (χ2v) is 22.1. The molecule has 2 aliphatic rings. The van der Waals surface area contributed by atoms with E-state index < -0.39 is 8.80 Å². The number of oxime groups is 1. The first-order chi connectivity index (χ1) is 40.0. The van der Waals surface area contributed by atoms with Crippen molar-refractivity contribution in [2.24, 2.45) is 27.5 Å². The highest BCUT2D eigenvalue weighted by Crippen LogP contribution is 2.49. The van der Waals surface area contributed by atoms with Gasteiger partial charge in [-0.15, -0.1) is 0 Å². The second kappa shape index (κ2) is 34.3. The molecular weight excluding hydrogens is 1070 g/mol. The molecule has 0 saturated heterocycles. The third-order valence-electron chi connectivity index (χ3n) is 13.5. The number of hydrogen-bond donors (Lipinski definition) is 0. The third-order valence-corrected chi connectivity index (χ3v) is 15.0. The van der Waals surface area contributed by atoms with E-state index in [2.05, 4.69) is 111 Å². The molecule has 8 rings (SSSR count). The number of ether oxygens (including phenoxy) is 10. The van der Waals surface area contributed by atoms with Gasteiger partial charge in [-0.25, -0.2) is 5.01 Å². The summed E-state index contributed by atoms with van der Waals surface area (Å²) in [4.78, 5) is 11.9. The van der Waals surface area contributed by atoms with E-state index in [0.717, 1.165) is 44.8 Å². The summed E-state index contributed by atoms with van der Waals surface area (Å²) in [6, 6.07) is 41.0. The largest absolute Gasteiger partial charge is 0.491 e. The highest BCUT2D eigenvalue weighted by atomic mass is 32.1. The maximum absolute atomic E-state index is 6.18. The van der Waals surface area contributed by atoms with Gasteiger partial charge in [-0.3, -0.25) is 0 Å². The lowest BCUT2D eigenvalue weighted by Gasteiger charge is -2.35. The molecule has 3 unspecified atom stereocenters. The van der Waals surface area contributed by atoms with E-state index in [1.807, 2.05) is 66.8 Å². The minimum absolute atomic E-state index is 0.118. The van der Waals surface area contributed by atoms with E-state index in [1.54, 1.807) is 6.21 Å². The molecule has 0 saturated carbocycles. The average molecular weight is 1140 g/mol. The quantitative estimate of drug-likeness (QED) is 0.0118. The predicted molar refractivity (Wildman–Crippen MR) is 320 cm³/mol. The number of hydrogen-bond acceptors (Lipinski definition) is 18. The lowest BCUT2D eigenvalue weighted by Crippen LogP contribution is -2.33. The van der Waals surface area contributed by atoms with Gasteiger partial charge < -0.3 is 61.7 Å². The van der Waals surface area contributed by atoms with Crippen molar-refractivity contribution in [3.05, 3.63) is 150 Å². The molecule has 81 heavy (non-hydrogen) atoms. The fourth-order valence-corrected chi connectivity index (χ4v) is 10.3. The SMILES string of the molecule is Cn1cc(/C=N/OCCOCCOCCOCC(COCCOCCOCCOc2ccc([Si](C)C)cc2)OCCOCCOCCN2Cc3ccccc3C3C(N=NN3c3ccc(N=C=S)cc3)c3ccccc32)c2ccccc21. The fraction of sp³-hybridized carbons (Fsp3) is 0.443.